The van der Waals surface area contributed by atoms with Crippen LogP contribution in [0.1, 0.15) is 70.6 Å². The Bertz CT molecular complexity index is 350. The normalized spacial score (nSPS) is 12.6. The summed E-state index contributed by atoms with van der Waals surface area (Å²) in [4.78, 5) is 0. The highest BCUT2D eigenvalue weighted by atomic mass is 16.5. The van der Waals surface area contributed by atoms with Gasteiger partial charge in [0.25, 0.3) is 0 Å². The Hall–Kier alpha value is -1.03. The zero-order valence-corrected chi connectivity index (χ0v) is 12.6. The first-order valence-electron chi connectivity index (χ1n) is 7.52. The number of rotatable bonds is 10. The number of hydrogen-bond donors (Lipinski definition) is 1. The first-order chi connectivity index (χ1) is 9.24. The molecule has 0 aliphatic rings. The lowest BCUT2D eigenvalue weighted by atomic mass is 10.1. The molecule has 1 aromatic heterocycles. The Labute approximate surface area is 116 Å². The van der Waals surface area contributed by atoms with Gasteiger partial charge in [-0.3, -0.25) is 4.68 Å². The highest BCUT2D eigenvalue weighted by Gasteiger charge is 2.19. The summed E-state index contributed by atoms with van der Waals surface area (Å²) in [5.41, 5.74) is 0.833. The molecule has 1 rings (SSSR count). The number of aliphatic hydroxyl groups is 1. The fourth-order valence-corrected chi connectivity index (χ4v) is 2.34. The van der Waals surface area contributed by atoms with Crippen molar-refractivity contribution in [2.75, 3.05) is 7.11 Å². The van der Waals surface area contributed by atoms with Gasteiger partial charge in [-0.25, -0.2) is 0 Å². The lowest BCUT2D eigenvalue weighted by Crippen LogP contribution is -2.10. The van der Waals surface area contributed by atoms with E-state index in [9.17, 15) is 5.11 Å². The molecule has 1 atom stereocenters. The van der Waals surface area contributed by atoms with Gasteiger partial charge in [0.2, 0.25) is 0 Å². The van der Waals surface area contributed by atoms with Crippen LogP contribution in [-0.2, 0) is 6.54 Å². The fourth-order valence-electron chi connectivity index (χ4n) is 2.34. The molecular weight excluding hydrogens is 240 g/mol. The third kappa shape index (κ3) is 4.86. The molecule has 0 aromatic carbocycles. The number of hydrogen-bond acceptors (Lipinski definition) is 3. The van der Waals surface area contributed by atoms with Gasteiger partial charge < -0.3 is 9.84 Å². The van der Waals surface area contributed by atoms with Crippen LogP contribution in [-0.4, -0.2) is 22.0 Å². The standard InChI is InChI=1S/C15H28N2O2/c1-4-6-7-8-9-10-13(18)15-14(19-3)12-16-17(15)11-5-2/h12-13,18H,4-11H2,1-3H3. The van der Waals surface area contributed by atoms with Crippen LogP contribution in [0.15, 0.2) is 6.20 Å². The first-order valence-corrected chi connectivity index (χ1v) is 7.52. The molecule has 0 bridgehead atoms. The largest absolute Gasteiger partial charge is 0.493 e. The lowest BCUT2D eigenvalue weighted by Gasteiger charge is -2.14. The van der Waals surface area contributed by atoms with Gasteiger partial charge in [0.1, 0.15) is 5.69 Å². The summed E-state index contributed by atoms with van der Waals surface area (Å²) in [5.74, 6) is 0.703. The second-order valence-electron chi connectivity index (χ2n) is 5.04. The minimum atomic E-state index is -0.467. The van der Waals surface area contributed by atoms with E-state index in [4.69, 9.17) is 4.74 Å². The topological polar surface area (TPSA) is 47.3 Å². The van der Waals surface area contributed by atoms with E-state index in [1.807, 2.05) is 4.68 Å². The van der Waals surface area contributed by atoms with Crippen LogP contribution < -0.4 is 4.74 Å². The average molecular weight is 268 g/mol. The van der Waals surface area contributed by atoms with Crippen molar-refractivity contribution >= 4 is 0 Å². The summed E-state index contributed by atoms with van der Waals surface area (Å²) in [6, 6.07) is 0. The molecule has 4 heteroatoms. The number of ether oxygens (including phenoxy) is 1. The van der Waals surface area contributed by atoms with Gasteiger partial charge in [0.15, 0.2) is 5.75 Å². The number of aliphatic hydroxyl groups excluding tert-OH is 1. The van der Waals surface area contributed by atoms with Crippen LogP contribution in [0, 0.1) is 0 Å². The molecule has 0 aliphatic carbocycles. The molecule has 0 amide bonds. The van der Waals surface area contributed by atoms with Gasteiger partial charge in [-0.05, 0) is 12.8 Å². The molecule has 1 unspecified atom stereocenters. The number of aromatic nitrogens is 2. The molecule has 0 fully saturated rings. The predicted molar refractivity (Wildman–Crippen MR) is 77.4 cm³/mol. The smallest absolute Gasteiger partial charge is 0.162 e. The van der Waals surface area contributed by atoms with Crippen LogP contribution in [0.4, 0.5) is 0 Å². The Morgan fingerprint density at radius 2 is 1.95 bits per heavy atom. The quantitative estimate of drug-likeness (QED) is 0.658. The minimum absolute atomic E-state index is 0.467. The summed E-state index contributed by atoms with van der Waals surface area (Å²) in [7, 11) is 1.63. The molecule has 1 heterocycles. The van der Waals surface area contributed by atoms with Crippen molar-refractivity contribution < 1.29 is 9.84 Å². The van der Waals surface area contributed by atoms with E-state index >= 15 is 0 Å². The molecule has 1 aromatic rings. The van der Waals surface area contributed by atoms with Crippen molar-refractivity contribution in [1.82, 2.24) is 9.78 Å². The highest BCUT2D eigenvalue weighted by Crippen LogP contribution is 2.28. The van der Waals surface area contributed by atoms with Gasteiger partial charge in [-0.15, -0.1) is 0 Å². The van der Waals surface area contributed by atoms with Gasteiger partial charge in [0, 0.05) is 6.54 Å². The number of aryl methyl sites for hydroxylation is 1. The van der Waals surface area contributed by atoms with E-state index in [1.165, 1.54) is 25.7 Å². The van der Waals surface area contributed by atoms with Crippen molar-refractivity contribution in [2.45, 2.75) is 71.4 Å². The van der Waals surface area contributed by atoms with Crippen LogP contribution in [0.25, 0.3) is 0 Å². The van der Waals surface area contributed by atoms with Gasteiger partial charge in [-0.1, -0.05) is 46.0 Å². The molecule has 0 radical (unpaired) electrons. The fraction of sp³-hybridized carbons (Fsp3) is 0.800. The lowest BCUT2D eigenvalue weighted by molar-refractivity contribution is 0.148. The second kappa shape index (κ2) is 8.97. The number of nitrogens with zero attached hydrogens (tertiary/aromatic N) is 2. The molecule has 19 heavy (non-hydrogen) atoms. The summed E-state index contributed by atoms with van der Waals surface area (Å²) < 4.78 is 7.17. The number of unbranched alkanes of at least 4 members (excludes halogenated alkanes) is 4. The van der Waals surface area contributed by atoms with Crippen molar-refractivity contribution in [1.29, 1.82) is 0 Å². The SMILES string of the molecule is CCCCCCCC(O)c1c(OC)cnn1CCC. The zero-order valence-electron chi connectivity index (χ0n) is 12.6. The van der Waals surface area contributed by atoms with Crippen LogP contribution >= 0.6 is 0 Å². The van der Waals surface area contributed by atoms with E-state index in [0.717, 1.165) is 31.5 Å². The van der Waals surface area contributed by atoms with Crippen molar-refractivity contribution in [3.8, 4) is 5.75 Å². The van der Waals surface area contributed by atoms with Crippen molar-refractivity contribution in [2.24, 2.45) is 0 Å². The van der Waals surface area contributed by atoms with Crippen molar-refractivity contribution in [3.63, 3.8) is 0 Å². The maximum Gasteiger partial charge on any atom is 0.162 e. The zero-order chi connectivity index (χ0) is 14.1. The Morgan fingerprint density at radius 1 is 1.21 bits per heavy atom. The van der Waals surface area contributed by atoms with Gasteiger partial charge in [-0.2, -0.15) is 5.10 Å². The molecule has 4 nitrogen and oxygen atoms in total. The Morgan fingerprint density at radius 3 is 2.58 bits per heavy atom. The summed E-state index contributed by atoms with van der Waals surface area (Å²) in [5, 5.41) is 14.6. The van der Waals surface area contributed by atoms with Gasteiger partial charge in [0.05, 0.1) is 19.4 Å². The molecule has 1 N–H and O–H groups in total. The van der Waals surface area contributed by atoms with E-state index in [1.54, 1.807) is 13.3 Å². The van der Waals surface area contributed by atoms with E-state index in [-0.39, 0.29) is 0 Å². The summed E-state index contributed by atoms with van der Waals surface area (Å²) >= 11 is 0. The van der Waals surface area contributed by atoms with E-state index in [0.29, 0.717) is 5.75 Å². The maximum atomic E-state index is 10.3. The molecule has 0 saturated carbocycles. The highest BCUT2D eigenvalue weighted by molar-refractivity contribution is 5.27. The molecule has 0 saturated heterocycles. The molecule has 0 spiro atoms. The molecular formula is C15H28N2O2. The first kappa shape index (κ1) is 16.0. The van der Waals surface area contributed by atoms with Crippen LogP contribution in [0.5, 0.6) is 5.75 Å². The van der Waals surface area contributed by atoms with E-state index in [2.05, 4.69) is 18.9 Å². The average Bonchev–Trinajstić information content (AvgIpc) is 2.81. The monoisotopic (exact) mass is 268 g/mol. The van der Waals surface area contributed by atoms with Crippen LogP contribution in [0.2, 0.25) is 0 Å². The third-order valence-corrected chi connectivity index (χ3v) is 3.40. The molecule has 110 valence electrons. The van der Waals surface area contributed by atoms with Crippen LogP contribution in [0.3, 0.4) is 0 Å². The van der Waals surface area contributed by atoms with Crippen molar-refractivity contribution in [3.05, 3.63) is 11.9 Å². The third-order valence-electron chi connectivity index (χ3n) is 3.40. The molecule has 0 aliphatic heterocycles. The Kier molecular flexibility index (Phi) is 7.56. The number of methoxy groups -OCH3 is 1. The predicted octanol–water partition coefficient (Wildman–Crippen LogP) is 3.70. The van der Waals surface area contributed by atoms with E-state index < -0.39 is 6.10 Å². The summed E-state index contributed by atoms with van der Waals surface area (Å²) in [6.45, 7) is 5.14. The Balaban J connectivity index is 2.54. The van der Waals surface area contributed by atoms with Gasteiger partial charge >= 0.3 is 0 Å². The maximum absolute atomic E-state index is 10.3. The second-order valence-corrected chi connectivity index (χ2v) is 5.04. The minimum Gasteiger partial charge on any atom is -0.493 e. The summed E-state index contributed by atoms with van der Waals surface area (Å²) in [6.07, 6.45) is 9.06.